The van der Waals surface area contributed by atoms with Crippen molar-refractivity contribution in [1.82, 2.24) is 5.32 Å². The highest BCUT2D eigenvalue weighted by molar-refractivity contribution is 5.63. The van der Waals surface area contributed by atoms with Gasteiger partial charge in [0, 0.05) is 31.4 Å². The van der Waals surface area contributed by atoms with E-state index in [2.05, 4.69) is 28.4 Å². The number of rotatable bonds is 0. The zero-order chi connectivity index (χ0) is 11.2. The highest BCUT2D eigenvalue weighted by atomic mass is 15.2. The molecule has 1 fully saturated rings. The van der Waals surface area contributed by atoms with Crippen molar-refractivity contribution in [2.45, 2.75) is 38.3 Å². The van der Waals surface area contributed by atoms with E-state index in [-0.39, 0.29) is 0 Å². The van der Waals surface area contributed by atoms with Crippen molar-refractivity contribution in [2.75, 3.05) is 18.0 Å². The molecule has 3 aliphatic rings. The summed E-state index contributed by atoms with van der Waals surface area (Å²) >= 11 is 0. The molecule has 1 N–H and O–H groups in total. The van der Waals surface area contributed by atoms with Crippen molar-refractivity contribution in [2.24, 2.45) is 5.92 Å². The van der Waals surface area contributed by atoms with E-state index in [0.29, 0.717) is 0 Å². The van der Waals surface area contributed by atoms with Gasteiger partial charge in [-0.25, -0.2) is 0 Å². The smallest absolute Gasteiger partial charge is 0.0447 e. The molecule has 0 aromatic heterocycles. The second kappa shape index (κ2) is 3.74. The molecule has 2 heteroatoms. The van der Waals surface area contributed by atoms with Crippen LogP contribution in [-0.2, 0) is 13.0 Å². The van der Waals surface area contributed by atoms with Gasteiger partial charge in [-0.15, -0.1) is 0 Å². The van der Waals surface area contributed by atoms with Gasteiger partial charge in [-0.3, -0.25) is 0 Å². The molecule has 1 aromatic rings. The van der Waals surface area contributed by atoms with Gasteiger partial charge in [0.1, 0.15) is 0 Å². The number of nitrogens with zero attached hydrogens (tertiary/aromatic N) is 1. The minimum absolute atomic E-state index is 0.837. The zero-order valence-corrected chi connectivity index (χ0v) is 10.3. The van der Waals surface area contributed by atoms with Crippen LogP contribution in [0.5, 0.6) is 0 Å². The van der Waals surface area contributed by atoms with Crippen LogP contribution in [0, 0.1) is 5.92 Å². The minimum atomic E-state index is 0.837. The molecule has 4 rings (SSSR count). The molecule has 2 aliphatic heterocycles. The predicted octanol–water partition coefficient (Wildman–Crippen LogP) is 2.32. The Kier molecular flexibility index (Phi) is 2.19. The van der Waals surface area contributed by atoms with Gasteiger partial charge in [-0.2, -0.15) is 0 Å². The number of para-hydroxylation sites is 1. The number of fused-ring (bicyclic) bond motifs is 2. The van der Waals surface area contributed by atoms with Crippen LogP contribution in [0.2, 0.25) is 0 Å². The van der Waals surface area contributed by atoms with Crippen LogP contribution in [0.1, 0.15) is 30.4 Å². The molecule has 2 nitrogen and oxygen atoms in total. The highest BCUT2D eigenvalue weighted by Gasteiger charge is 2.38. The van der Waals surface area contributed by atoms with Crippen LogP contribution in [0.3, 0.4) is 0 Å². The topological polar surface area (TPSA) is 15.3 Å². The summed E-state index contributed by atoms with van der Waals surface area (Å²) in [6.07, 6.45) is 5.61. The summed E-state index contributed by atoms with van der Waals surface area (Å²) < 4.78 is 0. The van der Waals surface area contributed by atoms with Crippen LogP contribution in [0.15, 0.2) is 18.2 Å². The van der Waals surface area contributed by atoms with Crippen molar-refractivity contribution < 1.29 is 0 Å². The van der Waals surface area contributed by atoms with E-state index in [1.807, 2.05) is 0 Å². The lowest BCUT2D eigenvalue weighted by Gasteiger charge is -2.41. The van der Waals surface area contributed by atoms with Crippen LogP contribution < -0.4 is 10.2 Å². The summed E-state index contributed by atoms with van der Waals surface area (Å²) in [4.78, 5) is 2.73. The van der Waals surface area contributed by atoms with Gasteiger partial charge in [0.05, 0.1) is 0 Å². The molecule has 0 amide bonds. The Labute approximate surface area is 103 Å². The largest absolute Gasteiger partial charge is 0.366 e. The SMILES string of the molecule is c1cc2c3c(c1)C[C@H]1CCC[C@@H]1N3CCNC2. The molecular weight excluding hydrogens is 208 g/mol. The van der Waals surface area contributed by atoms with Gasteiger partial charge in [0.2, 0.25) is 0 Å². The quantitative estimate of drug-likeness (QED) is 0.733. The first kappa shape index (κ1) is 9.95. The van der Waals surface area contributed by atoms with Crippen LogP contribution in [0.25, 0.3) is 0 Å². The zero-order valence-electron chi connectivity index (χ0n) is 10.3. The van der Waals surface area contributed by atoms with Crippen molar-refractivity contribution in [1.29, 1.82) is 0 Å². The first-order chi connectivity index (χ1) is 8.43. The fourth-order valence-electron chi connectivity index (χ4n) is 4.13. The summed E-state index contributed by atoms with van der Waals surface area (Å²) in [5.74, 6) is 0.927. The standard InChI is InChI=1S/C15H20N2/c1-4-12-9-11-3-2-6-14(11)17-8-7-16-10-13(5-1)15(12)17/h1,4-5,11,14,16H,2-3,6-10H2/t11-,14+/m1/s1. The van der Waals surface area contributed by atoms with Crippen molar-refractivity contribution >= 4 is 5.69 Å². The van der Waals surface area contributed by atoms with Gasteiger partial charge < -0.3 is 10.2 Å². The Bertz CT molecular complexity index is 441. The van der Waals surface area contributed by atoms with Gasteiger partial charge in [-0.1, -0.05) is 24.6 Å². The maximum atomic E-state index is 3.56. The summed E-state index contributed by atoms with van der Waals surface area (Å²) in [5, 5.41) is 3.56. The van der Waals surface area contributed by atoms with Crippen LogP contribution in [-0.4, -0.2) is 19.1 Å². The summed E-state index contributed by atoms with van der Waals surface area (Å²) in [6, 6.07) is 7.74. The lowest BCUT2D eigenvalue weighted by molar-refractivity contribution is 0.426. The average Bonchev–Trinajstić information content (AvgIpc) is 2.70. The summed E-state index contributed by atoms with van der Waals surface area (Å²) in [7, 11) is 0. The molecular formula is C15H20N2. The summed E-state index contributed by atoms with van der Waals surface area (Å²) in [6.45, 7) is 3.39. The maximum absolute atomic E-state index is 3.56. The molecule has 0 saturated heterocycles. The molecule has 2 atom stereocenters. The molecule has 1 aliphatic carbocycles. The number of hydrogen-bond acceptors (Lipinski definition) is 2. The van der Waals surface area contributed by atoms with Crippen molar-refractivity contribution in [3.63, 3.8) is 0 Å². The second-order valence-electron chi connectivity index (χ2n) is 5.76. The first-order valence-corrected chi connectivity index (χ1v) is 7.01. The van der Waals surface area contributed by atoms with E-state index < -0.39 is 0 Å². The molecule has 1 saturated carbocycles. The van der Waals surface area contributed by atoms with Gasteiger partial charge in [0.15, 0.2) is 0 Å². The third-order valence-electron chi connectivity index (χ3n) is 4.84. The Balaban J connectivity index is 1.86. The Morgan fingerprint density at radius 2 is 2.12 bits per heavy atom. The van der Waals surface area contributed by atoms with Crippen molar-refractivity contribution in [3.8, 4) is 0 Å². The fraction of sp³-hybridized carbons (Fsp3) is 0.600. The lowest BCUT2D eigenvalue weighted by Crippen LogP contribution is -2.44. The second-order valence-corrected chi connectivity index (χ2v) is 5.76. The first-order valence-electron chi connectivity index (χ1n) is 7.01. The molecule has 90 valence electrons. The molecule has 2 heterocycles. The van der Waals surface area contributed by atoms with Gasteiger partial charge >= 0.3 is 0 Å². The van der Waals surface area contributed by atoms with Crippen LogP contribution in [0.4, 0.5) is 5.69 Å². The summed E-state index contributed by atoms with van der Waals surface area (Å²) in [5.41, 5.74) is 4.71. The fourth-order valence-corrected chi connectivity index (χ4v) is 4.13. The van der Waals surface area contributed by atoms with E-state index in [1.165, 1.54) is 37.8 Å². The maximum Gasteiger partial charge on any atom is 0.0447 e. The van der Waals surface area contributed by atoms with Crippen LogP contribution >= 0.6 is 0 Å². The van der Waals surface area contributed by atoms with Crippen molar-refractivity contribution in [3.05, 3.63) is 29.3 Å². The highest BCUT2D eigenvalue weighted by Crippen LogP contribution is 2.43. The van der Waals surface area contributed by atoms with E-state index in [0.717, 1.165) is 25.0 Å². The Hall–Kier alpha value is -1.02. The molecule has 1 aromatic carbocycles. The molecule has 0 radical (unpaired) electrons. The molecule has 0 spiro atoms. The number of anilines is 1. The average molecular weight is 228 g/mol. The normalized spacial score (nSPS) is 30.7. The van der Waals surface area contributed by atoms with E-state index in [4.69, 9.17) is 0 Å². The monoisotopic (exact) mass is 228 g/mol. The molecule has 0 bridgehead atoms. The molecule has 0 unspecified atom stereocenters. The molecule has 17 heavy (non-hydrogen) atoms. The minimum Gasteiger partial charge on any atom is -0.366 e. The Morgan fingerprint density at radius 3 is 3.12 bits per heavy atom. The Morgan fingerprint density at radius 1 is 1.18 bits per heavy atom. The number of benzene rings is 1. The number of nitrogens with one attached hydrogen (secondary N) is 1. The van der Waals surface area contributed by atoms with Gasteiger partial charge in [0.25, 0.3) is 0 Å². The number of hydrogen-bond donors (Lipinski definition) is 1. The lowest BCUT2D eigenvalue weighted by atomic mass is 9.86. The van der Waals surface area contributed by atoms with E-state index in [1.54, 1.807) is 11.3 Å². The van der Waals surface area contributed by atoms with Gasteiger partial charge in [-0.05, 0) is 36.3 Å². The third-order valence-corrected chi connectivity index (χ3v) is 4.84. The van der Waals surface area contributed by atoms with E-state index >= 15 is 0 Å². The third kappa shape index (κ3) is 1.43. The predicted molar refractivity (Wildman–Crippen MR) is 70.3 cm³/mol. The van der Waals surface area contributed by atoms with E-state index in [9.17, 15) is 0 Å².